The van der Waals surface area contributed by atoms with Crippen molar-refractivity contribution in [3.05, 3.63) is 53.9 Å². The maximum absolute atomic E-state index is 13.4. The number of hydrogen-bond donors (Lipinski definition) is 1. The van der Waals surface area contributed by atoms with Crippen LogP contribution in [0.3, 0.4) is 0 Å². The largest absolute Gasteiger partial charge is 0.333 e. The number of fused-ring (bicyclic) bond motifs is 1. The Kier molecular flexibility index (Phi) is 4.31. The van der Waals surface area contributed by atoms with E-state index in [1.807, 2.05) is 19.3 Å². The third kappa shape index (κ3) is 2.87. The molecule has 2 saturated heterocycles. The summed E-state index contributed by atoms with van der Waals surface area (Å²) in [6.45, 7) is 4.77. The molecule has 1 aromatic carbocycles. The van der Waals surface area contributed by atoms with Crippen LogP contribution in [0.5, 0.6) is 0 Å². The predicted molar refractivity (Wildman–Crippen MR) is 109 cm³/mol. The molecule has 0 unspecified atom stereocenters. The molecule has 0 radical (unpaired) electrons. The molecular weight excluding hydrogens is 348 g/mol. The van der Waals surface area contributed by atoms with E-state index in [9.17, 15) is 4.79 Å². The fourth-order valence-electron chi connectivity index (χ4n) is 6.10. The second-order valence-corrected chi connectivity index (χ2v) is 9.26. The number of carbonyl (C=O) groups excluding carboxylic acids is 1. The molecule has 5 rings (SSSR count). The zero-order valence-electron chi connectivity index (χ0n) is 16.8. The van der Waals surface area contributed by atoms with Crippen LogP contribution in [0.25, 0.3) is 0 Å². The number of rotatable bonds is 4. The Hall–Kier alpha value is -2.14. The standard InChI is InChI=1S/C23H30N4O/c1-16-13-24-26(14-16)15-22(28)27-19-12-23(2)20(9-6-10-21(23)27)25-18(19)11-17-7-4-3-5-8-17/h3-5,7-8,13-14,18-21,25H,6,9-12,15H2,1-2H3/t18-,19+,20-,21+,23-/m1/s1. The second-order valence-electron chi connectivity index (χ2n) is 9.26. The van der Waals surface area contributed by atoms with Crippen molar-refractivity contribution in [2.45, 2.75) is 76.7 Å². The lowest BCUT2D eigenvalue weighted by molar-refractivity contribution is -0.136. The summed E-state index contributed by atoms with van der Waals surface area (Å²) in [6, 6.07) is 12.2. The average Bonchev–Trinajstić information content (AvgIpc) is 3.22. The van der Waals surface area contributed by atoms with Gasteiger partial charge in [-0.3, -0.25) is 9.48 Å². The van der Waals surface area contributed by atoms with E-state index in [1.54, 1.807) is 4.68 Å². The number of piperidine rings is 1. The summed E-state index contributed by atoms with van der Waals surface area (Å²) in [4.78, 5) is 15.7. The molecule has 148 valence electrons. The number of amides is 1. The van der Waals surface area contributed by atoms with E-state index >= 15 is 0 Å². The van der Waals surface area contributed by atoms with E-state index in [1.165, 1.54) is 18.4 Å². The average molecular weight is 379 g/mol. The molecule has 1 aromatic heterocycles. The number of aryl methyl sites for hydroxylation is 1. The van der Waals surface area contributed by atoms with Crippen LogP contribution in [0.4, 0.5) is 0 Å². The minimum absolute atomic E-state index is 0.200. The van der Waals surface area contributed by atoms with E-state index < -0.39 is 0 Å². The maximum atomic E-state index is 13.4. The molecule has 2 aromatic rings. The minimum Gasteiger partial charge on any atom is -0.333 e. The van der Waals surface area contributed by atoms with Crippen molar-refractivity contribution >= 4 is 5.91 Å². The molecule has 3 heterocycles. The van der Waals surface area contributed by atoms with Gasteiger partial charge in [-0.05, 0) is 50.2 Å². The van der Waals surface area contributed by atoms with Gasteiger partial charge in [-0.2, -0.15) is 5.10 Å². The first-order valence-electron chi connectivity index (χ1n) is 10.6. The lowest BCUT2D eigenvalue weighted by atomic mass is 9.65. The van der Waals surface area contributed by atoms with E-state index in [2.05, 4.69) is 52.6 Å². The molecule has 1 N–H and O–H groups in total. The van der Waals surface area contributed by atoms with Crippen molar-refractivity contribution in [2.24, 2.45) is 5.41 Å². The molecule has 28 heavy (non-hydrogen) atoms. The highest BCUT2D eigenvalue weighted by Crippen LogP contribution is 2.53. The van der Waals surface area contributed by atoms with Gasteiger partial charge in [0, 0.05) is 35.8 Å². The van der Waals surface area contributed by atoms with Crippen molar-refractivity contribution in [3.8, 4) is 0 Å². The fraction of sp³-hybridized carbons (Fsp3) is 0.565. The summed E-state index contributed by atoms with van der Waals surface area (Å²) < 4.78 is 1.79. The summed E-state index contributed by atoms with van der Waals surface area (Å²) in [7, 11) is 0. The summed E-state index contributed by atoms with van der Waals surface area (Å²) in [6.07, 6.45) is 9.45. The predicted octanol–water partition coefficient (Wildman–Crippen LogP) is 2.93. The number of hydrogen-bond acceptors (Lipinski definition) is 3. The second kappa shape index (κ2) is 6.73. The molecular formula is C23H30N4O. The Balaban J connectivity index is 1.44. The molecule has 1 saturated carbocycles. The van der Waals surface area contributed by atoms with Gasteiger partial charge in [0.1, 0.15) is 6.54 Å². The van der Waals surface area contributed by atoms with Crippen molar-refractivity contribution in [1.82, 2.24) is 20.0 Å². The van der Waals surface area contributed by atoms with Crippen LogP contribution in [-0.2, 0) is 17.8 Å². The third-order valence-electron chi connectivity index (χ3n) is 7.40. The number of nitrogens with zero attached hydrogens (tertiary/aromatic N) is 3. The van der Waals surface area contributed by atoms with Crippen LogP contribution in [0.1, 0.15) is 43.7 Å². The van der Waals surface area contributed by atoms with Crippen molar-refractivity contribution in [3.63, 3.8) is 0 Å². The Bertz CT molecular complexity index is 862. The van der Waals surface area contributed by atoms with E-state index in [0.29, 0.717) is 24.7 Å². The highest BCUT2D eigenvalue weighted by Gasteiger charge is 2.60. The van der Waals surface area contributed by atoms with Gasteiger partial charge >= 0.3 is 0 Å². The minimum atomic E-state index is 0.200. The molecule has 2 aliphatic heterocycles. The van der Waals surface area contributed by atoms with Crippen LogP contribution in [-0.4, -0.2) is 44.8 Å². The van der Waals surface area contributed by atoms with E-state index in [4.69, 9.17) is 0 Å². The Morgan fingerprint density at radius 3 is 2.86 bits per heavy atom. The van der Waals surface area contributed by atoms with Gasteiger partial charge in [0.05, 0.1) is 6.20 Å². The SMILES string of the molecule is Cc1cnn(CC(=O)N2[C@H]3CCC[C@H]4N[C@H](Cc5ccccc5)[C@@H]2C[C@@]34C)c1. The summed E-state index contributed by atoms with van der Waals surface area (Å²) >= 11 is 0. The Labute approximate surface area is 167 Å². The van der Waals surface area contributed by atoms with Gasteiger partial charge in [0.15, 0.2) is 0 Å². The summed E-state index contributed by atoms with van der Waals surface area (Å²) in [5.41, 5.74) is 2.65. The molecule has 1 amide bonds. The highest BCUT2D eigenvalue weighted by molar-refractivity contribution is 5.77. The first-order valence-corrected chi connectivity index (χ1v) is 10.6. The van der Waals surface area contributed by atoms with Gasteiger partial charge in [-0.15, -0.1) is 0 Å². The lowest BCUT2D eigenvalue weighted by Gasteiger charge is -2.46. The number of benzene rings is 1. The topological polar surface area (TPSA) is 50.2 Å². The molecule has 3 fully saturated rings. The van der Waals surface area contributed by atoms with Crippen LogP contribution in [0.15, 0.2) is 42.7 Å². The third-order valence-corrected chi connectivity index (χ3v) is 7.40. The van der Waals surface area contributed by atoms with E-state index in [0.717, 1.165) is 24.8 Å². The smallest absolute Gasteiger partial charge is 0.244 e. The van der Waals surface area contributed by atoms with Crippen molar-refractivity contribution < 1.29 is 4.79 Å². The molecule has 2 bridgehead atoms. The quantitative estimate of drug-likeness (QED) is 0.890. The number of nitrogens with one attached hydrogen (secondary N) is 1. The van der Waals surface area contributed by atoms with Crippen molar-refractivity contribution in [1.29, 1.82) is 0 Å². The van der Waals surface area contributed by atoms with Gasteiger partial charge in [0.25, 0.3) is 0 Å². The number of aromatic nitrogens is 2. The molecule has 5 heteroatoms. The normalized spacial score (nSPS) is 33.9. The summed E-state index contributed by atoms with van der Waals surface area (Å²) in [5, 5.41) is 8.32. The van der Waals surface area contributed by atoms with Crippen LogP contribution in [0.2, 0.25) is 0 Å². The fourth-order valence-corrected chi connectivity index (χ4v) is 6.10. The van der Waals surface area contributed by atoms with Gasteiger partial charge in [-0.1, -0.05) is 37.3 Å². The maximum Gasteiger partial charge on any atom is 0.244 e. The zero-order chi connectivity index (χ0) is 19.3. The zero-order valence-corrected chi connectivity index (χ0v) is 16.8. The number of carbonyl (C=O) groups is 1. The van der Waals surface area contributed by atoms with Crippen molar-refractivity contribution in [2.75, 3.05) is 0 Å². The van der Waals surface area contributed by atoms with Gasteiger partial charge in [-0.25, -0.2) is 0 Å². The molecule has 5 nitrogen and oxygen atoms in total. The number of likely N-dealkylation sites (tertiary alicyclic amines) is 1. The first kappa shape index (κ1) is 17.9. The molecule has 0 spiro atoms. The Morgan fingerprint density at radius 2 is 2.11 bits per heavy atom. The van der Waals surface area contributed by atoms with Gasteiger partial charge in [0.2, 0.25) is 5.91 Å². The van der Waals surface area contributed by atoms with Crippen LogP contribution >= 0.6 is 0 Å². The molecule has 3 aliphatic rings. The Morgan fingerprint density at radius 1 is 1.29 bits per heavy atom. The highest BCUT2D eigenvalue weighted by atomic mass is 16.2. The first-order chi connectivity index (χ1) is 13.5. The monoisotopic (exact) mass is 378 g/mol. The van der Waals surface area contributed by atoms with Crippen LogP contribution in [0, 0.1) is 12.3 Å². The van der Waals surface area contributed by atoms with E-state index in [-0.39, 0.29) is 17.4 Å². The van der Waals surface area contributed by atoms with Gasteiger partial charge < -0.3 is 10.2 Å². The summed E-state index contributed by atoms with van der Waals surface area (Å²) in [5.74, 6) is 0.226. The molecule has 1 aliphatic carbocycles. The molecule has 5 atom stereocenters. The lowest BCUT2D eigenvalue weighted by Crippen LogP contribution is -2.58. The van der Waals surface area contributed by atoms with Crippen LogP contribution < -0.4 is 5.32 Å².